The molecule has 0 saturated heterocycles. The number of carbonyl (C=O) groups is 2. The summed E-state index contributed by atoms with van der Waals surface area (Å²) in [6, 6.07) is 37.3. The van der Waals surface area contributed by atoms with Crippen molar-refractivity contribution in [3.8, 4) is 0 Å². The van der Waals surface area contributed by atoms with E-state index in [1.54, 1.807) is 12.1 Å². The van der Waals surface area contributed by atoms with Gasteiger partial charge in [-0.25, -0.2) is 9.59 Å². The Kier molecular flexibility index (Phi) is 10.8. The highest BCUT2D eigenvalue weighted by atomic mass is 31.1. The van der Waals surface area contributed by atoms with Crippen molar-refractivity contribution in [3.63, 3.8) is 0 Å². The molecule has 0 aliphatic carbocycles. The lowest BCUT2D eigenvalue weighted by Crippen LogP contribution is -2.30. The topological polar surface area (TPSA) is 135 Å². The van der Waals surface area contributed by atoms with Crippen LogP contribution in [-0.2, 0) is 4.74 Å². The number of nitrogens with zero attached hydrogens (tertiary/aromatic N) is 4. The summed E-state index contributed by atoms with van der Waals surface area (Å²) in [6.07, 6.45) is 0. The maximum Gasteiger partial charge on any atom is 0.338 e. The van der Waals surface area contributed by atoms with Crippen LogP contribution in [0.15, 0.2) is 138 Å². The summed E-state index contributed by atoms with van der Waals surface area (Å²) < 4.78 is 5.79. The van der Waals surface area contributed by atoms with Crippen LogP contribution >= 0.6 is 7.92 Å². The Morgan fingerprint density at radius 3 is 1.87 bits per heavy atom. The van der Waals surface area contributed by atoms with Crippen molar-refractivity contribution in [2.24, 2.45) is 10.2 Å². The van der Waals surface area contributed by atoms with Gasteiger partial charge < -0.3 is 14.7 Å². The average Bonchev–Trinajstić information content (AvgIpc) is 3.10. The molecule has 0 amide bonds. The zero-order valence-electron chi connectivity index (χ0n) is 25.5. The molecule has 0 fully saturated rings. The van der Waals surface area contributed by atoms with E-state index in [4.69, 9.17) is 4.74 Å². The van der Waals surface area contributed by atoms with Gasteiger partial charge in [0.25, 0.3) is 5.69 Å². The number of nitro benzene ring substituents is 1. The number of likely N-dealkylation sites (N-methyl/N-ethyl adjacent to an activating group) is 1. The van der Waals surface area contributed by atoms with Crippen LogP contribution in [0.1, 0.15) is 27.6 Å². The van der Waals surface area contributed by atoms with Gasteiger partial charge in [0, 0.05) is 29.7 Å². The third-order valence-electron chi connectivity index (χ3n) is 7.27. The lowest BCUT2D eigenvalue weighted by Gasteiger charge is -2.24. The van der Waals surface area contributed by atoms with E-state index in [-0.39, 0.29) is 17.9 Å². The third-order valence-corrected chi connectivity index (χ3v) is 9.75. The van der Waals surface area contributed by atoms with Crippen molar-refractivity contribution in [1.29, 1.82) is 0 Å². The van der Waals surface area contributed by atoms with Gasteiger partial charge in [-0.3, -0.25) is 10.1 Å². The Hall–Kier alpha value is -5.73. The highest BCUT2D eigenvalue weighted by Crippen LogP contribution is 2.35. The number of hydrogen-bond acceptors (Lipinski definition) is 8. The van der Waals surface area contributed by atoms with Crippen molar-refractivity contribution in [1.82, 2.24) is 0 Å². The van der Waals surface area contributed by atoms with Gasteiger partial charge in [-0.05, 0) is 80.1 Å². The molecule has 5 rings (SSSR count). The van der Waals surface area contributed by atoms with Crippen LogP contribution in [-0.4, -0.2) is 41.7 Å². The number of non-ortho nitro benzene ring substituents is 1. The molecule has 0 spiro atoms. The number of esters is 1. The van der Waals surface area contributed by atoms with Crippen LogP contribution in [0.4, 0.5) is 22.7 Å². The number of nitro groups is 1. The monoisotopic (exact) mass is 646 g/mol. The van der Waals surface area contributed by atoms with E-state index < -0.39 is 24.8 Å². The first kappa shape index (κ1) is 32.7. The summed E-state index contributed by atoms with van der Waals surface area (Å²) in [5.74, 6) is -1.59. The van der Waals surface area contributed by atoms with Crippen molar-refractivity contribution < 1.29 is 24.4 Å². The Labute approximate surface area is 272 Å². The minimum Gasteiger partial charge on any atom is -0.478 e. The number of azo groups is 1. The summed E-state index contributed by atoms with van der Waals surface area (Å²) in [5.41, 5.74) is 2.43. The second-order valence-electron chi connectivity index (χ2n) is 10.2. The number of carboxylic acids is 1. The van der Waals surface area contributed by atoms with E-state index in [9.17, 15) is 24.8 Å². The van der Waals surface area contributed by atoms with Gasteiger partial charge in [-0.15, -0.1) is 0 Å². The van der Waals surface area contributed by atoms with Crippen LogP contribution < -0.4 is 20.8 Å². The number of hydrogen-bond donors (Lipinski definition) is 1. The first-order chi connectivity index (χ1) is 22.8. The van der Waals surface area contributed by atoms with Crippen LogP contribution in [0.3, 0.4) is 0 Å². The maximum absolute atomic E-state index is 13.6. The van der Waals surface area contributed by atoms with Gasteiger partial charge in [0.05, 0.1) is 34.0 Å². The zero-order chi connectivity index (χ0) is 33.2. The van der Waals surface area contributed by atoms with E-state index in [2.05, 4.69) is 15.1 Å². The predicted molar refractivity (Wildman–Crippen MR) is 184 cm³/mol. The number of anilines is 1. The molecule has 1 N–H and O–H groups in total. The highest BCUT2D eigenvalue weighted by Gasteiger charge is 2.25. The standard InChI is InChI=1S/C36H31N4O6P/c1-2-39(29-18-14-27(15-19-29)37-38-28-16-20-30(21-17-28)40(44)45)23-24-46-36(43)33-22-13-26(35(41)42)25-34(33)47(31-9-5-3-6-10-31)32-11-7-4-8-12-32/h3-22,25H,2,23-24H2,1H3,(H,41,42). The van der Waals surface area contributed by atoms with Gasteiger partial charge >= 0.3 is 11.9 Å². The molecule has 47 heavy (non-hydrogen) atoms. The number of carbonyl (C=O) groups excluding carboxylic acids is 1. The second kappa shape index (κ2) is 15.5. The fourth-order valence-electron chi connectivity index (χ4n) is 4.89. The number of benzene rings is 5. The summed E-state index contributed by atoms with van der Waals surface area (Å²) >= 11 is 0. The fourth-order valence-corrected chi connectivity index (χ4v) is 7.36. The average molecular weight is 647 g/mol. The zero-order valence-corrected chi connectivity index (χ0v) is 26.4. The molecule has 0 heterocycles. The van der Waals surface area contributed by atoms with Crippen molar-refractivity contribution in [3.05, 3.63) is 149 Å². The Balaban J connectivity index is 1.29. The van der Waals surface area contributed by atoms with Crippen LogP contribution in [0.25, 0.3) is 0 Å². The lowest BCUT2D eigenvalue weighted by atomic mass is 10.1. The number of aromatic carboxylic acids is 1. The maximum atomic E-state index is 13.6. The van der Waals surface area contributed by atoms with Gasteiger partial charge in [0.15, 0.2) is 0 Å². The van der Waals surface area contributed by atoms with E-state index in [1.165, 1.54) is 30.3 Å². The van der Waals surface area contributed by atoms with Gasteiger partial charge in [-0.1, -0.05) is 60.7 Å². The van der Waals surface area contributed by atoms with E-state index >= 15 is 0 Å². The van der Waals surface area contributed by atoms with Crippen LogP contribution in [0.5, 0.6) is 0 Å². The normalized spacial score (nSPS) is 11.0. The Morgan fingerprint density at radius 1 is 0.809 bits per heavy atom. The number of carboxylic acid groups (broad SMARTS) is 1. The molecule has 0 bridgehead atoms. The van der Waals surface area contributed by atoms with E-state index in [0.29, 0.717) is 35.3 Å². The Bertz CT molecular complexity index is 1830. The molecule has 0 unspecified atom stereocenters. The van der Waals surface area contributed by atoms with Crippen molar-refractivity contribution in [2.45, 2.75) is 6.92 Å². The molecule has 5 aromatic carbocycles. The molecule has 0 aliphatic heterocycles. The molecule has 236 valence electrons. The first-order valence-corrected chi connectivity index (χ1v) is 16.1. The van der Waals surface area contributed by atoms with Gasteiger partial charge in [0.1, 0.15) is 6.61 Å². The van der Waals surface area contributed by atoms with Crippen molar-refractivity contribution >= 4 is 58.5 Å². The summed E-state index contributed by atoms with van der Waals surface area (Å²) in [7, 11) is -1.25. The molecule has 0 saturated carbocycles. The van der Waals surface area contributed by atoms with Crippen molar-refractivity contribution in [2.75, 3.05) is 24.6 Å². The first-order valence-electron chi connectivity index (χ1n) is 14.8. The third kappa shape index (κ3) is 8.31. The summed E-state index contributed by atoms with van der Waals surface area (Å²) in [5, 5.41) is 31.6. The molecule has 5 aromatic rings. The molecule has 0 atom stereocenters. The minimum absolute atomic E-state index is 0.0143. The molecule has 0 radical (unpaired) electrons. The molecule has 10 nitrogen and oxygen atoms in total. The Morgan fingerprint density at radius 2 is 1.36 bits per heavy atom. The molecule has 11 heteroatoms. The fraction of sp³-hybridized carbons (Fsp3) is 0.111. The quantitative estimate of drug-likeness (QED) is 0.0472. The highest BCUT2D eigenvalue weighted by molar-refractivity contribution is 7.80. The van der Waals surface area contributed by atoms with E-state index in [1.807, 2.05) is 91.9 Å². The lowest BCUT2D eigenvalue weighted by molar-refractivity contribution is -0.384. The van der Waals surface area contributed by atoms with Gasteiger partial charge in [-0.2, -0.15) is 10.2 Å². The molecule has 0 aromatic heterocycles. The molecular weight excluding hydrogens is 615 g/mol. The van der Waals surface area contributed by atoms with Crippen LogP contribution in [0.2, 0.25) is 0 Å². The molecule has 0 aliphatic rings. The van der Waals surface area contributed by atoms with Crippen LogP contribution in [0, 0.1) is 10.1 Å². The number of rotatable bonds is 13. The SMILES string of the molecule is CCN(CCOC(=O)c1ccc(C(=O)O)cc1P(c1ccccc1)c1ccccc1)c1ccc(N=Nc2ccc([N+](=O)[O-])cc2)cc1. The summed E-state index contributed by atoms with van der Waals surface area (Å²) in [6.45, 7) is 3.20. The second-order valence-corrected chi connectivity index (χ2v) is 12.4. The number of ether oxygens (including phenoxy) is 1. The van der Waals surface area contributed by atoms with E-state index in [0.717, 1.165) is 16.3 Å². The minimum atomic E-state index is -1.25. The molecular formula is C36H31N4O6P. The van der Waals surface area contributed by atoms with Gasteiger partial charge in [0.2, 0.25) is 0 Å². The largest absolute Gasteiger partial charge is 0.478 e. The summed E-state index contributed by atoms with van der Waals surface area (Å²) in [4.78, 5) is 38.0. The smallest absolute Gasteiger partial charge is 0.338 e. The predicted octanol–water partition coefficient (Wildman–Crippen LogP) is 7.15.